The van der Waals surface area contributed by atoms with Crippen LogP contribution in [0.5, 0.6) is 5.75 Å². The van der Waals surface area contributed by atoms with Gasteiger partial charge in [-0.15, -0.1) is 0 Å². The molecule has 148 valence electrons. The van der Waals surface area contributed by atoms with Crippen molar-refractivity contribution in [3.8, 4) is 5.75 Å². The second kappa shape index (κ2) is 7.55. The number of carbonyl (C=O) groups excluding carboxylic acids is 1. The number of rotatable bonds is 6. The zero-order valence-corrected chi connectivity index (χ0v) is 16.9. The van der Waals surface area contributed by atoms with Crippen molar-refractivity contribution < 1.29 is 22.7 Å². The molecule has 0 bridgehead atoms. The molecule has 0 spiro atoms. The molecule has 0 unspecified atom stereocenters. The Hall–Kier alpha value is -3.00. The summed E-state index contributed by atoms with van der Waals surface area (Å²) in [6.07, 6.45) is 0. The lowest BCUT2D eigenvalue weighted by Crippen LogP contribution is -2.17. The van der Waals surface area contributed by atoms with E-state index in [9.17, 15) is 13.2 Å². The number of esters is 1. The number of anilines is 1. The molecule has 28 heavy (non-hydrogen) atoms. The number of hydrogen-bond acceptors (Lipinski definition) is 5. The minimum atomic E-state index is -3.93. The third-order valence-electron chi connectivity index (χ3n) is 4.34. The van der Waals surface area contributed by atoms with Gasteiger partial charge in [-0.3, -0.25) is 4.72 Å². The Balaban J connectivity index is 2.16. The summed E-state index contributed by atoms with van der Waals surface area (Å²) < 4.78 is 39.0. The standard InChI is InChI=1S/C20H22N2O5S/c1-5-27-20(23)19-18(15-11-14(26-4)7-8-16(15)21-19)22-28(24,25)17-9-6-12(2)10-13(17)3/h6-11,21-22H,5H2,1-4H3. The normalized spacial score (nSPS) is 11.4. The molecule has 0 aliphatic carbocycles. The smallest absolute Gasteiger partial charge is 0.356 e. The maximum atomic E-state index is 13.1. The fourth-order valence-electron chi connectivity index (χ4n) is 3.05. The van der Waals surface area contributed by atoms with Gasteiger partial charge < -0.3 is 14.5 Å². The molecule has 2 N–H and O–H groups in total. The van der Waals surface area contributed by atoms with E-state index in [4.69, 9.17) is 9.47 Å². The highest BCUT2D eigenvalue weighted by molar-refractivity contribution is 7.92. The Kier molecular flexibility index (Phi) is 5.33. The second-order valence-electron chi connectivity index (χ2n) is 6.38. The monoisotopic (exact) mass is 402 g/mol. The van der Waals surface area contributed by atoms with Crippen LogP contribution in [0.4, 0.5) is 5.69 Å². The third kappa shape index (κ3) is 3.68. The minimum Gasteiger partial charge on any atom is -0.497 e. The number of carbonyl (C=O) groups is 1. The van der Waals surface area contributed by atoms with Gasteiger partial charge in [0.05, 0.1) is 24.3 Å². The molecule has 1 heterocycles. The SMILES string of the molecule is CCOC(=O)c1[nH]c2ccc(OC)cc2c1NS(=O)(=O)c1ccc(C)cc1C. The zero-order valence-electron chi connectivity index (χ0n) is 16.1. The van der Waals surface area contributed by atoms with Gasteiger partial charge in [-0.2, -0.15) is 0 Å². The van der Waals surface area contributed by atoms with Gasteiger partial charge in [0.25, 0.3) is 10.0 Å². The van der Waals surface area contributed by atoms with Crippen molar-refractivity contribution in [1.29, 1.82) is 0 Å². The van der Waals surface area contributed by atoms with Crippen LogP contribution < -0.4 is 9.46 Å². The van der Waals surface area contributed by atoms with Gasteiger partial charge in [0.15, 0.2) is 5.69 Å². The molecule has 0 saturated carbocycles. The zero-order chi connectivity index (χ0) is 20.5. The van der Waals surface area contributed by atoms with Crippen molar-refractivity contribution in [2.45, 2.75) is 25.7 Å². The Labute approximate surface area is 163 Å². The van der Waals surface area contributed by atoms with Gasteiger partial charge >= 0.3 is 5.97 Å². The van der Waals surface area contributed by atoms with Gasteiger partial charge in [0.2, 0.25) is 0 Å². The summed E-state index contributed by atoms with van der Waals surface area (Å²) in [7, 11) is -2.42. The van der Waals surface area contributed by atoms with E-state index in [2.05, 4.69) is 9.71 Å². The lowest BCUT2D eigenvalue weighted by atomic mass is 10.2. The number of benzene rings is 2. The number of H-pyrrole nitrogens is 1. The molecule has 1 aromatic heterocycles. The number of aromatic amines is 1. The molecule has 0 aliphatic heterocycles. The summed E-state index contributed by atoms with van der Waals surface area (Å²) in [6, 6.07) is 10.2. The number of nitrogens with one attached hydrogen (secondary N) is 2. The van der Waals surface area contributed by atoms with Gasteiger partial charge in [-0.05, 0) is 50.6 Å². The van der Waals surface area contributed by atoms with Crippen LogP contribution in [0.3, 0.4) is 0 Å². The number of methoxy groups -OCH3 is 1. The van der Waals surface area contributed by atoms with E-state index in [1.54, 1.807) is 50.2 Å². The van der Waals surface area contributed by atoms with Crippen LogP contribution >= 0.6 is 0 Å². The van der Waals surface area contributed by atoms with E-state index in [1.165, 1.54) is 7.11 Å². The van der Waals surface area contributed by atoms with E-state index in [1.807, 2.05) is 6.92 Å². The highest BCUT2D eigenvalue weighted by Crippen LogP contribution is 2.33. The van der Waals surface area contributed by atoms with Crippen molar-refractivity contribution in [3.63, 3.8) is 0 Å². The van der Waals surface area contributed by atoms with Crippen LogP contribution in [0.15, 0.2) is 41.3 Å². The molecule has 2 aromatic carbocycles. The van der Waals surface area contributed by atoms with Crippen molar-refractivity contribution >= 4 is 32.6 Å². The van der Waals surface area contributed by atoms with Crippen molar-refractivity contribution in [2.24, 2.45) is 0 Å². The molecule has 0 aliphatic rings. The highest BCUT2D eigenvalue weighted by Gasteiger charge is 2.25. The molecule has 0 saturated heterocycles. The molecule has 8 heteroatoms. The van der Waals surface area contributed by atoms with Crippen molar-refractivity contribution in [3.05, 3.63) is 53.2 Å². The Morgan fingerprint density at radius 1 is 1.14 bits per heavy atom. The molecule has 0 amide bonds. The maximum Gasteiger partial charge on any atom is 0.356 e. The number of fused-ring (bicyclic) bond motifs is 1. The second-order valence-corrected chi connectivity index (χ2v) is 8.03. The summed E-state index contributed by atoms with van der Waals surface area (Å²) in [5.41, 5.74) is 2.33. The first-order chi connectivity index (χ1) is 13.3. The van der Waals surface area contributed by atoms with E-state index >= 15 is 0 Å². The third-order valence-corrected chi connectivity index (χ3v) is 5.85. The van der Waals surface area contributed by atoms with Gasteiger partial charge in [-0.25, -0.2) is 13.2 Å². The molecular weight excluding hydrogens is 380 g/mol. The molecular formula is C20H22N2O5S. The first kappa shape index (κ1) is 19.8. The van der Waals surface area contributed by atoms with Gasteiger partial charge in [-0.1, -0.05) is 17.7 Å². The Bertz CT molecular complexity index is 1150. The molecule has 0 radical (unpaired) electrons. The number of aromatic nitrogens is 1. The Morgan fingerprint density at radius 3 is 2.54 bits per heavy atom. The lowest BCUT2D eigenvalue weighted by molar-refractivity contribution is 0.0522. The summed E-state index contributed by atoms with van der Waals surface area (Å²) in [5.74, 6) is -0.107. The Morgan fingerprint density at radius 2 is 1.89 bits per heavy atom. The summed E-state index contributed by atoms with van der Waals surface area (Å²) in [4.78, 5) is 15.5. The largest absolute Gasteiger partial charge is 0.497 e. The quantitative estimate of drug-likeness (QED) is 0.612. The van der Waals surface area contributed by atoms with Crippen LogP contribution in [0.1, 0.15) is 28.5 Å². The average molecular weight is 402 g/mol. The van der Waals surface area contributed by atoms with E-state index < -0.39 is 16.0 Å². The predicted molar refractivity (Wildman–Crippen MR) is 108 cm³/mol. The molecule has 0 fully saturated rings. The van der Waals surface area contributed by atoms with Crippen LogP contribution in [0.2, 0.25) is 0 Å². The summed E-state index contributed by atoms with van der Waals surface area (Å²) >= 11 is 0. The lowest BCUT2D eigenvalue weighted by Gasteiger charge is -2.12. The number of hydrogen-bond donors (Lipinski definition) is 2. The van der Waals surface area contributed by atoms with Gasteiger partial charge in [0, 0.05) is 10.9 Å². The van der Waals surface area contributed by atoms with Crippen molar-refractivity contribution in [2.75, 3.05) is 18.4 Å². The van der Waals surface area contributed by atoms with E-state index in [-0.39, 0.29) is 22.9 Å². The molecule has 3 aromatic rings. The molecule has 0 atom stereocenters. The molecule has 7 nitrogen and oxygen atoms in total. The van der Waals surface area contributed by atoms with Crippen molar-refractivity contribution in [1.82, 2.24) is 4.98 Å². The topological polar surface area (TPSA) is 97.5 Å². The van der Waals surface area contributed by atoms with Crippen LogP contribution in [0.25, 0.3) is 10.9 Å². The first-order valence-electron chi connectivity index (χ1n) is 8.73. The van der Waals surface area contributed by atoms with Crippen LogP contribution in [0, 0.1) is 13.8 Å². The molecule has 3 rings (SSSR count). The fourth-order valence-corrected chi connectivity index (χ4v) is 4.37. The van der Waals surface area contributed by atoms with Crippen LogP contribution in [-0.4, -0.2) is 33.1 Å². The average Bonchev–Trinajstić information content (AvgIpc) is 2.98. The highest BCUT2D eigenvalue weighted by atomic mass is 32.2. The predicted octanol–water partition coefficient (Wildman–Crippen LogP) is 3.77. The summed E-state index contributed by atoms with van der Waals surface area (Å²) in [6.45, 7) is 5.47. The number of sulfonamides is 1. The fraction of sp³-hybridized carbons (Fsp3) is 0.250. The van der Waals surface area contributed by atoms with E-state index in [0.29, 0.717) is 22.2 Å². The first-order valence-corrected chi connectivity index (χ1v) is 10.2. The van der Waals surface area contributed by atoms with E-state index in [0.717, 1.165) is 5.56 Å². The number of ether oxygens (including phenoxy) is 2. The van der Waals surface area contributed by atoms with Crippen LogP contribution in [-0.2, 0) is 14.8 Å². The van der Waals surface area contributed by atoms with Gasteiger partial charge in [0.1, 0.15) is 5.75 Å². The maximum absolute atomic E-state index is 13.1. The minimum absolute atomic E-state index is 0.0402. The number of aryl methyl sites for hydroxylation is 2. The summed E-state index contributed by atoms with van der Waals surface area (Å²) in [5, 5.41) is 0.510.